The van der Waals surface area contributed by atoms with Gasteiger partial charge in [-0.2, -0.15) is 5.10 Å². The molecule has 2 aromatic heterocycles. The average Bonchev–Trinajstić information content (AvgIpc) is 2.85. The van der Waals surface area contributed by atoms with Crippen LogP contribution in [0.5, 0.6) is 0 Å². The highest BCUT2D eigenvalue weighted by Crippen LogP contribution is 2.31. The molecule has 1 fully saturated rings. The van der Waals surface area contributed by atoms with Gasteiger partial charge in [0.15, 0.2) is 0 Å². The van der Waals surface area contributed by atoms with E-state index in [1.54, 1.807) is 0 Å². The van der Waals surface area contributed by atoms with Crippen LogP contribution in [0.15, 0.2) is 30.6 Å². The summed E-state index contributed by atoms with van der Waals surface area (Å²) in [6, 6.07) is 6.22. The molecule has 5 nitrogen and oxygen atoms in total. The summed E-state index contributed by atoms with van der Waals surface area (Å²) in [7, 11) is 0. The van der Waals surface area contributed by atoms with E-state index in [0.717, 1.165) is 31.6 Å². The van der Waals surface area contributed by atoms with Crippen LogP contribution in [0.25, 0.3) is 5.52 Å². The van der Waals surface area contributed by atoms with Gasteiger partial charge >= 0.3 is 0 Å². The molecule has 2 aromatic rings. The molecular formula is C13H18N4O. The molecule has 1 atom stereocenters. The lowest BCUT2D eigenvalue weighted by molar-refractivity contribution is 0.0538. The second-order valence-electron chi connectivity index (χ2n) is 4.72. The zero-order valence-corrected chi connectivity index (χ0v) is 10.2. The molecule has 3 N–H and O–H groups in total. The number of aromatic nitrogens is 2. The van der Waals surface area contributed by atoms with Crippen molar-refractivity contribution < 1.29 is 4.74 Å². The first-order valence-electron chi connectivity index (χ1n) is 6.36. The SMILES string of the molecule is NNC(c1cnn2ccccc12)C1CCOCC1. The van der Waals surface area contributed by atoms with Crippen molar-refractivity contribution in [2.24, 2.45) is 11.8 Å². The van der Waals surface area contributed by atoms with E-state index in [9.17, 15) is 0 Å². The predicted octanol–water partition coefficient (Wildman–Crippen LogP) is 1.27. The van der Waals surface area contributed by atoms with Crippen molar-refractivity contribution in [3.63, 3.8) is 0 Å². The molecule has 96 valence electrons. The summed E-state index contributed by atoms with van der Waals surface area (Å²) in [6.07, 6.45) is 5.95. The largest absolute Gasteiger partial charge is 0.381 e. The molecule has 5 heteroatoms. The first-order valence-corrected chi connectivity index (χ1v) is 6.36. The van der Waals surface area contributed by atoms with Crippen LogP contribution in [0, 0.1) is 5.92 Å². The van der Waals surface area contributed by atoms with Crippen molar-refractivity contribution >= 4 is 5.52 Å². The quantitative estimate of drug-likeness (QED) is 0.632. The van der Waals surface area contributed by atoms with Crippen LogP contribution in [-0.2, 0) is 4.74 Å². The number of hydrogen-bond acceptors (Lipinski definition) is 4. The fourth-order valence-corrected chi connectivity index (χ4v) is 2.72. The van der Waals surface area contributed by atoms with Gasteiger partial charge in [-0.25, -0.2) is 4.52 Å². The minimum Gasteiger partial charge on any atom is -0.381 e. The van der Waals surface area contributed by atoms with Crippen LogP contribution in [0.3, 0.4) is 0 Å². The van der Waals surface area contributed by atoms with Gasteiger partial charge in [-0.3, -0.25) is 11.3 Å². The van der Waals surface area contributed by atoms with Crippen LogP contribution in [0.4, 0.5) is 0 Å². The number of nitrogens with zero attached hydrogens (tertiary/aromatic N) is 2. The molecule has 0 bridgehead atoms. The number of nitrogens with two attached hydrogens (primary N) is 1. The van der Waals surface area contributed by atoms with E-state index in [1.165, 1.54) is 5.56 Å². The van der Waals surface area contributed by atoms with Gasteiger partial charge in [-0.05, 0) is 30.9 Å². The maximum Gasteiger partial charge on any atom is 0.0710 e. The molecular weight excluding hydrogens is 228 g/mol. The Labute approximate surface area is 106 Å². The number of nitrogens with one attached hydrogen (secondary N) is 1. The first-order chi connectivity index (χ1) is 8.90. The standard InChI is InChI=1S/C13H18N4O/c14-16-13(10-4-7-18-8-5-10)11-9-15-17-6-2-1-3-12(11)17/h1-3,6,9-10,13,16H,4-5,7-8,14H2. The summed E-state index contributed by atoms with van der Waals surface area (Å²) >= 11 is 0. The highest BCUT2D eigenvalue weighted by atomic mass is 16.5. The third-order valence-electron chi connectivity index (χ3n) is 3.71. The Balaban J connectivity index is 1.95. The van der Waals surface area contributed by atoms with Crippen molar-refractivity contribution in [1.82, 2.24) is 15.0 Å². The van der Waals surface area contributed by atoms with Crippen LogP contribution in [0.1, 0.15) is 24.4 Å². The molecule has 0 amide bonds. The summed E-state index contributed by atoms with van der Waals surface area (Å²) in [4.78, 5) is 0. The molecule has 1 unspecified atom stereocenters. The Kier molecular flexibility index (Phi) is 3.27. The lowest BCUT2D eigenvalue weighted by Crippen LogP contribution is -2.36. The molecule has 3 rings (SSSR count). The summed E-state index contributed by atoms with van der Waals surface area (Å²) in [5.41, 5.74) is 5.25. The van der Waals surface area contributed by atoms with Gasteiger partial charge in [0.1, 0.15) is 0 Å². The second kappa shape index (κ2) is 5.06. The predicted molar refractivity (Wildman–Crippen MR) is 68.8 cm³/mol. The molecule has 18 heavy (non-hydrogen) atoms. The topological polar surface area (TPSA) is 64.6 Å². The molecule has 1 saturated heterocycles. The van der Waals surface area contributed by atoms with Crippen molar-refractivity contribution in [3.05, 3.63) is 36.2 Å². The number of ether oxygens (including phenoxy) is 1. The van der Waals surface area contributed by atoms with Crippen LogP contribution in [0.2, 0.25) is 0 Å². The van der Waals surface area contributed by atoms with Gasteiger partial charge in [0.25, 0.3) is 0 Å². The van der Waals surface area contributed by atoms with E-state index in [1.807, 2.05) is 29.0 Å². The van der Waals surface area contributed by atoms with Crippen LogP contribution < -0.4 is 11.3 Å². The van der Waals surface area contributed by atoms with Crippen LogP contribution >= 0.6 is 0 Å². The highest BCUT2D eigenvalue weighted by Gasteiger charge is 2.26. The normalized spacial score (nSPS) is 19.2. The van der Waals surface area contributed by atoms with Crippen molar-refractivity contribution in [2.45, 2.75) is 18.9 Å². The second-order valence-corrected chi connectivity index (χ2v) is 4.72. The van der Waals surface area contributed by atoms with E-state index >= 15 is 0 Å². The number of rotatable bonds is 3. The minimum absolute atomic E-state index is 0.147. The molecule has 0 aromatic carbocycles. The van der Waals surface area contributed by atoms with Gasteiger partial charge in [0, 0.05) is 25.0 Å². The number of hydrazine groups is 1. The smallest absolute Gasteiger partial charge is 0.0710 e. The van der Waals surface area contributed by atoms with E-state index in [0.29, 0.717) is 5.92 Å². The highest BCUT2D eigenvalue weighted by molar-refractivity contribution is 5.55. The number of pyridine rings is 1. The molecule has 1 aliphatic rings. The van der Waals surface area contributed by atoms with Gasteiger partial charge in [-0.15, -0.1) is 0 Å². The van der Waals surface area contributed by atoms with E-state index in [-0.39, 0.29) is 6.04 Å². The van der Waals surface area contributed by atoms with Crippen LogP contribution in [-0.4, -0.2) is 22.8 Å². The zero-order chi connectivity index (χ0) is 12.4. The summed E-state index contributed by atoms with van der Waals surface area (Å²) < 4.78 is 7.30. The van der Waals surface area contributed by atoms with Gasteiger partial charge in [-0.1, -0.05) is 6.07 Å². The van der Waals surface area contributed by atoms with Crippen molar-refractivity contribution in [1.29, 1.82) is 0 Å². The van der Waals surface area contributed by atoms with Crippen molar-refractivity contribution in [2.75, 3.05) is 13.2 Å². The lowest BCUT2D eigenvalue weighted by Gasteiger charge is -2.29. The maximum absolute atomic E-state index is 5.76. The van der Waals surface area contributed by atoms with E-state index in [2.05, 4.69) is 16.6 Å². The van der Waals surface area contributed by atoms with Gasteiger partial charge in [0.2, 0.25) is 0 Å². The Bertz CT molecular complexity index is 518. The molecule has 1 aliphatic heterocycles. The Morgan fingerprint density at radius 2 is 2.22 bits per heavy atom. The summed E-state index contributed by atoms with van der Waals surface area (Å²) in [6.45, 7) is 1.64. The monoisotopic (exact) mass is 246 g/mol. The Hall–Kier alpha value is -1.43. The molecule has 3 heterocycles. The zero-order valence-electron chi connectivity index (χ0n) is 10.2. The fraction of sp³-hybridized carbons (Fsp3) is 0.462. The number of fused-ring (bicyclic) bond motifs is 1. The van der Waals surface area contributed by atoms with E-state index in [4.69, 9.17) is 10.6 Å². The van der Waals surface area contributed by atoms with Crippen molar-refractivity contribution in [3.8, 4) is 0 Å². The third kappa shape index (κ3) is 2.01. The molecule has 0 aliphatic carbocycles. The lowest BCUT2D eigenvalue weighted by atomic mass is 9.88. The Morgan fingerprint density at radius 3 is 3.00 bits per heavy atom. The average molecular weight is 246 g/mol. The van der Waals surface area contributed by atoms with Gasteiger partial charge < -0.3 is 4.74 Å². The molecule has 0 radical (unpaired) electrons. The minimum atomic E-state index is 0.147. The fourth-order valence-electron chi connectivity index (χ4n) is 2.72. The maximum atomic E-state index is 5.76. The summed E-state index contributed by atoms with van der Waals surface area (Å²) in [5, 5.41) is 4.37. The van der Waals surface area contributed by atoms with Gasteiger partial charge in [0.05, 0.1) is 17.8 Å². The van der Waals surface area contributed by atoms with E-state index < -0.39 is 0 Å². The number of hydrogen-bond donors (Lipinski definition) is 2. The summed E-state index contributed by atoms with van der Waals surface area (Å²) in [5.74, 6) is 6.27. The molecule has 0 spiro atoms. The Morgan fingerprint density at radius 1 is 1.39 bits per heavy atom. The molecule has 0 saturated carbocycles. The third-order valence-corrected chi connectivity index (χ3v) is 3.71. The first kappa shape index (κ1) is 11.6.